The van der Waals surface area contributed by atoms with E-state index in [2.05, 4.69) is 11.8 Å². The van der Waals surface area contributed by atoms with E-state index in [1.165, 1.54) is 0 Å². The van der Waals surface area contributed by atoms with Crippen LogP contribution in [0.4, 0.5) is 0 Å². The molecule has 0 heterocycles. The van der Waals surface area contributed by atoms with Crippen molar-refractivity contribution < 1.29 is 10.2 Å². The zero-order valence-corrected chi connectivity index (χ0v) is 12.2. The first kappa shape index (κ1) is 14.0. The van der Waals surface area contributed by atoms with Gasteiger partial charge < -0.3 is 10.2 Å². The van der Waals surface area contributed by atoms with E-state index in [-0.39, 0.29) is 0 Å². The number of benzene rings is 2. The largest absolute Gasteiger partial charge is 0.507 e. The quantitative estimate of drug-likeness (QED) is 0.713. The van der Waals surface area contributed by atoms with Crippen LogP contribution in [0.1, 0.15) is 33.4 Å². The molecule has 2 aromatic carbocycles. The maximum Gasteiger partial charge on any atom is 0.121 e. The Balaban J connectivity index is 2.41. The van der Waals surface area contributed by atoms with E-state index in [1.54, 1.807) is 0 Å². The van der Waals surface area contributed by atoms with E-state index >= 15 is 0 Å². The molecule has 0 amide bonds. The molecule has 0 aromatic heterocycles. The lowest BCUT2D eigenvalue weighted by Crippen LogP contribution is -1.86. The summed E-state index contributed by atoms with van der Waals surface area (Å²) in [7, 11) is 0. The van der Waals surface area contributed by atoms with Crippen molar-refractivity contribution in [2.24, 2.45) is 0 Å². The number of rotatable bonds is 0. The van der Waals surface area contributed by atoms with E-state index in [0.29, 0.717) is 11.5 Å². The Morgan fingerprint density at radius 3 is 1.10 bits per heavy atom. The van der Waals surface area contributed by atoms with Gasteiger partial charge in [-0.3, -0.25) is 0 Å². The molecule has 0 unspecified atom stereocenters. The molecule has 0 bridgehead atoms. The third kappa shape index (κ3) is 2.78. The summed E-state index contributed by atoms with van der Waals surface area (Å²) < 4.78 is 0. The highest BCUT2D eigenvalue weighted by atomic mass is 16.3. The van der Waals surface area contributed by atoms with Crippen molar-refractivity contribution in [3.63, 3.8) is 0 Å². The summed E-state index contributed by atoms with van der Waals surface area (Å²) in [5.41, 5.74) is 5.06. The SMILES string of the molecule is Cc1cc(C#Cc2cc(C)c(O)c(C)c2)cc(C)c1O. The van der Waals surface area contributed by atoms with Gasteiger partial charge in [-0.1, -0.05) is 11.8 Å². The average Bonchev–Trinajstić information content (AvgIpc) is 2.39. The van der Waals surface area contributed by atoms with Crippen LogP contribution in [0.25, 0.3) is 0 Å². The third-order valence-corrected chi connectivity index (χ3v) is 3.33. The van der Waals surface area contributed by atoms with Crippen molar-refractivity contribution in [2.75, 3.05) is 0 Å². The summed E-state index contributed by atoms with van der Waals surface area (Å²) in [5, 5.41) is 19.5. The Morgan fingerprint density at radius 1 is 0.600 bits per heavy atom. The summed E-state index contributed by atoms with van der Waals surface area (Å²) in [6.07, 6.45) is 0. The Hall–Kier alpha value is -2.40. The van der Waals surface area contributed by atoms with Gasteiger partial charge in [0.25, 0.3) is 0 Å². The van der Waals surface area contributed by atoms with Gasteiger partial charge in [-0.25, -0.2) is 0 Å². The predicted molar refractivity (Wildman–Crippen MR) is 81.1 cm³/mol. The zero-order valence-electron chi connectivity index (χ0n) is 12.2. The van der Waals surface area contributed by atoms with Crippen LogP contribution in [-0.4, -0.2) is 10.2 Å². The number of hydrogen-bond donors (Lipinski definition) is 2. The number of aromatic hydroxyl groups is 2. The van der Waals surface area contributed by atoms with Crippen molar-refractivity contribution in [2.45, 2.75) is 27.7 Å². The van der Waals surface area contributed by atoms with Crippen molar-refractivity contribution >= 4 is 0 Å². The lowest BCUT2D eigenvalue weighted by Gasteiger charge is -2.04. The van der Waals surface area contributed by atoms with E-state index < -0.39 is 0 Å². The highest BCUT2D eigenvalue weighted by Gasteiger charge is 2.03. The van der Waals surface area contributed by atoms with Gasteiger partial charge in [0.1, 0.15) is 11.5 Å². The number of hydrogen-bond acceptors (Lipinski definition) is 2. The van der Waals surface area contributed by atoms with Gasteiger partial charge in [0, 0.05) is 11.1 Å². The molecule has 2 N–H and O–H groups in total. The normalized spacial score (nSPS) is 10.0. The van der Waals surface area contributed by atoms with Crippen LogP contribution in [0.5, 0.6) is 11.5 Å². The Kier molecular flexibility index (Phi) is 3.72. The van der Waals surface area contributed by atoms with Crippen molar-refractivity contribution in [3.8, 4) is 23.3 Å². The van der Waals surface area contributed by atoms with Crippen molar-refractivity contribution in [3.05, 3.63) is 57.6 Å². The lowest BCUT2D eigenvalue weighted by molar-refractivity contribution is 0.466. The molecule has 2 aromatic rings. The van der Waals surface area contributed by atoms with Crippen LogP contribution in [0.3, 0.4) is 0 Å². The van der Waals surface area contributed by atoms with Crippen LogP contribution >= 0.6 is 0 Å². The monoisotopic (exact) mass is 266 g/mol. The Morgan fingerprint density at radius 2 is 0.850 bits per heavy atom. The lowest BCUT2D eigenvalue weighted by atomic mass is 10.0. The molecule has 0 saturated heterocycles. The smallest absolute Gasteiger partial charge is 0.121 e. The fourth-order valence-corrected chi connectivity index (χ4v) is 2.20. The maximum atomic E-state index is 9.74. The third-order valence-electron chi connectivity index (χ3n) is 3.33. The van der Waals surface area contributed by atoms with E-state index in [4.69, 9.17) is 0 Å². The molecule has 0 aliphatic carbocycles. The molecule has 0 saturated carbocycles. The molecule has 0 aliphatic heterocycles. The highest BCUT2D eigenvalue weighted by molar-refractivity contribution is 5.52. The summed E-state index contributed by atoms with van der Waals surface area (Å²) in [6.45, 7) is 7.45. The fraction of sp³-hybridized carbons (Fsp3) is 0.222. The first-order chi connectivity index (χ1) is 9.38. The number of phenolic OH excluding ortho intramolecular Hbond substituents is 2. The van der Waals surface area contributed by atoms with E-state index in [9.17, 15) is 10.2 Å². The van der Waals surface area contributed by atoms with Gasteiger partial charge in [0.05, 0.1) is 0 Å². The Labute approximate surface area is 119 Å². The van der Waals surface area contributed by atoms with Crippen molar-refractivity contribution in [1.29, 1.82) is 0 Å². The zero-order chi connectivity index (χ0) is 14.9. The minimum atomic E-state index is 0.326. The maximum absolute atomic E-state index is 9.74. The van der Waals surface area contributed by atoms with Gasteiger partial charge in [-0.15, -0.1) is 0 Å². The molecule has 102 valence electrons. The summed E-state index contributed by atoms with van der Waals surface area (Å²) in [6, 6.07) is 7.48. The topological polar surface area (TPSA) is 40.5 Å². The summed E-state index contributed by atoms with van der Waals surface area (Å²) in [4.78, 5) is 0. The first-order valence-electron chi connectivity index (χ1n) is 6.51. The van der Waals surface area contributed by atoms with Crippen LogP contribution in [0, 0.1) is 39.5 Å². The van der Waals surface area contributed by atoms with Crippen LogP contribution < -0.4 is 0 Å². The van der Waals surface area contributed by atoms with E-state index in [0.717, 1.165) is 33.4 Å². The molecule has 0 radical (unpaired) electrons. The van der Waals surface area contributed by atoms with Gasteiger partial charge in [-0.2, -0.15) is 0 Å². The number of phenols is 2. The molecule has 2 heteroatoms. The second kappa shape index (κ2) is 5.30. The minimum absolute atomic E-state index is 0.326. The molecule has 2 rings (SSSR count). The second-order valence-corrected chi connectivity index (χ2v) is 5.17. The second-order valence-electron chi connectivity index (χ2n) is 5.17. The molecule has 0 aliphatic rings. The number of aryl methyl sites for hydroxylation is 4. The molecular formula is C18H18O2. The average molecular weight is 266 g/mol. The molecular weight excluding hydrogens is 248 g/mol. The highest BCUT2D eigenvalue weighted by Crippen LogP contribution is 2.24. The molecule has 0 atom stereocenters. The van der Waals surface area contributed by atoms with Crippen LogP contribution in [-0.2, 0) is 0 Å². The van der Waals surface area contributed by atoms with Crippen LogP contribution in [0.15, 0.2) is 24.3 Å². The molecule has 2 nitrogen and oxygen atoms in total. The first-order valence-corrected chi connectivity index (χ1v) is 6.51. The predicted octanol–water partition coefficient (Wildman–Crippen LogP) is 3.73. The van der Waals surface area contributed by atoms with Crippen LogP contribution in [0.2, 0.25) is 0 Å². The minimum Gasteiger partial charge on any atom is -0.507 e. The van der Waals surface area contributed by atoms with Gasteiger partial charge in [-0.05, 0) is 74.2 Å². The van der Waals surface area contributed by atoms with Gasteiger partial charge in [0.2, 0.25) is 0 Å². The molecule has 0 spiro atoms. The standard InChI is InChI=1S/C18H18O2/c1-11-7-15(8-12(2)17(11)19)5-6-16-9-13(3)18(20)14(4)10-16/h7-10,19-20H,1-4H3. The summed E-state index contributed by atoms with van der Waals surface area (Å²) >= 11 is 0. The fourth-order valence-electron chi connectivity index (χ4n) is 2.20. The molecule has 0 fully saturated rings. The van der Waals surface area contributed by atoms with Gasteiger partial charge >= 0.3 is 0 Å². The van der Waals surface area contributed by atoms with Crippen molar-refractivity contribution in [1.82, 2.24) is 0 Å². The summed E-state index contributed by atoms with van der Waals surface area (Å²) in [5.74, 6) is 6.85. The van der Waals surface area contributed by atoms with E-state index in [1.807, 2.05) is 52.0 Å². The van der Waals surface area contributed by atoms with Gasteiger partial charge in [0.15, 0.2) is 0 Å². The Bertz CT molecular complexity index is 623. The molecule has 20 heavy (non-hydrogen) atoms.